The largest absolute Gasteiger partial charge is 0.309 e. The number of rotatable bonds is 2. The number of fused-ring (bicyclic) bond motifs is 5. The summed E-state index contributed by atoms with van der Waals surface area (Å²) in [6.45, 7) is 0. The normalized spacial score (nSPS) is 12.4. The summed E-state index contributed by atoms with van der Waals surface area (Å²) in [5, 5.41) is 2.56. The van der Waals surface area contributed by atoms with Crippen molar-refractivity contribution in [1.82, 2.24) is 4.57 Å². The van der Waals surface area contributed by atoms with Crippen LogP contribution in [0.25, 0.3) is 50.8 Å². The van der Waals surface area contributed by atoms with Crippen molar-refractivity contribution in [3.8, 4) is 16.8 Å². The zero-order valence-corrected chi connectivity index (χ0v) is 16.4. The molecule has 0 spiro atoms. The molecule has 0 fully saturated rings. The number of hydrogen-bond donors (Lipinski definition) is 0. The van der Waals surface area contributed by atoms with Gasteiger partial charge in [0, 0.05) is 16.5 Å². The third-order valence-corrected chi connectivity index (χ3v) is 5.82. The molecule has 0 aliphatic heterocycles. The van der Waals surface area contributed by atoms with E-state index in [4.69, 9.17) is 0 Å². The minimum absolute atomic E-state index is 1.17. The second kappa shape index (κ2) is 6.77. The first kappa shape index (κ1) is 16.9. The first-order chi connectivity index (χ1) is 14.9. The second-order valence-corrected chi connectivity index (χ2v) is 7.57. The van der Waals surface area contributed by atoms with Gasteiger partial charge in [0.25, 0.3) is 0 Å². The number of benzene rings is 4. The molecule has 1 aromatic heterocycles. The third-order valence-electron chi connectivity index (χ3n) is 5.82. The molecule has 0 saturated heterocycles. The highest BCUT2D eigenvalue weighted by Crippen LogP contribution is 2.37. The van der Waals surface area contributed by atoms with Crippen LogP contribution in [0.3, 0.4) is 0 Å². The van der Waals surface area contributed by atoms with E-state index < -0.39 is 0 Å². The molecular weight excluding hydrogens is 362 g/mol. The van der Waals surface area contributed by atoms with Crippen molar-refractivity contribution in [2.45, 2.75) is 0 Å². The maximum absolute atomic E-state index is 3.24. The zero-order valence-electron chi connectivity index (χ0n) is 16.4. The van der Waals surface area contributed by atoms with Crippen molar-refractivity contribution in [2.24, 2.45) is 0 Å². The molecule has 1 aliphatic carbocycles. The first-order valence-electron chi connectivity index (χ1n) is 10.2. The van der Waals surface area contributed by atoms with E-state index >= 15 is 0 Å². The highest BCUT2D eigenvalue weighted by Gasteiger charge is 2.16. The van der Waals surface area contributed by atoms with Gasteiger partial charge < -0.3 is 4.57 Å². The molecule has 140 valence electrons. The molecule has 0 saturated carbocycles. The van der Waals surface area contributed by atoms with Crippen molar-refractivity contribution >= 4 is 34.0 Å². The summed E-state index contributed by atoms with van der Waals surface area (Å²) in [6.07, 6.45) is 8.31. The van der Waals surface area contributed by atoms with E-state index in [1.54, 1.807) is 0 Å². The van der Waals surface area contributed by atoms with E-state index in [0.29, 0.717) is 0 Å². The van der Waals surface area contributed by atoms with Crippen molar-refractivity contribution in [2.75, 3.05) is 0 Å². The van der Waals surface area contributed by atoms with Gasteiger partial charge >= 0.3 is 0 Å². The number of hydrogen-bond acceptors (Lipinski definition) is 0. The van der Waals surface area contributed by atoms with Crippen LogP contribution in [0.2, 0.25) is 0 Å². The highest BCUT2D eigenvalue weighted by molar-refractivity contribution is 6.14. The third kappa shape index (κ3) is 2.58. The number of nitrogens with zero attached hydrogens (tertiary/aromatic N) is 1. The molecular formula is C29H19N. The lowest BCUT2D eigenvalue weighted by Gasteiger charge is -2.11. The van der Waals surface area contributed by atoms with Gasteiger partial charge in [-0.1, -0.05) is 78.9 Å². The molecule has 0 unspecified atom stereocenters. The second-order valence-electron chi connectivity index (χ2n) is 7.57. The fourth-order valence-corrected chi connectivity index (χ4v) is 4.48. The predicted octanol–water partition coefficient (Wildman–Crippen LogP) is 7.65. The lowest BCUT2D eigenvalue weighted by molar-refractivity contribution is 1.18. The molecule has 0 bridgehead atoms. The fraction of sp³-hybridized carbons (Fsp3) is 0. The van der Waals surface area contributed by atoms with Crippen LogP contribution in [0.4, 0.5) is 0 Å². The van der Waals surface area contributed by atoms with E-state index in [9.17, 15) is 0 Å². The van der Waals surface area contributed by atoms with Gasteiger partial charge in [-0.05, 0) is 58.7 Å². The highest BCUT2D eigenvalue weighted by atomic mass is 15.0. The van der Waals surface area contributed by atoms with Crippen LogP contribution in [0, 0.1) is 0 Å². The maximum atomic E-state index is 3.24. The van der Waals surface area contributed by atoms with Crippen LogP contribution in [0.15, 0.2) is 109 Å². The summed E-state index contributed by atoms with van der Waals surface area (Å²) in [5.41, 5.74) is 11.8. The quantitative estimate of drug-likeness (QED) is 0.277. The molecule has 30 heavy (non-hydrogen) atoms. The summed E-state index contributed by atoms with van der Waals surface area (Å²) in [5.74, 6) is 0. The molecule has 1 aliphatic rings. The van der Waals surface area contributed by atoms with Gasteiger partial charge in [-0.25, -0.2) is 0 Å². The topological polar surface area (TPSA) is 4.93 Å². The lowest BCUT2D eigenvalue weighted by atomic mass is 10.0. The first-order valence-corrected chi connectivity index (χ1v) is 10.2. The Morgan fingerprint density at radius 2 is 1.50 bits per heavy atom. The minimum atomic E-state index is 1.17. The van der Waals surface area contributed by atoms with E-state index in [0.717, 1.165) is 0 Å². The standard InChI is InChI=1S/C29H19N/c1-3-10-21(11-4-1)23-13-9-14-24(20-23)30-27-17-8-7-16-26(27)29-25-15-6-2-5-12-22(25)18-19-28(29)30/h1-4,6-20H. The number of para-hydroxylation sites is 1. The van der Waals surface area contributed by atoms with E-state index in [1.807, 2.05) is 6.08 Å². The van der Waals surface area contributed by atoms with E-state index in [-0.39, 0.29) is 0 Å². The van der Waals surface area contributed by atoms with Crippen molar-refractivity contribution in [1.29, 1.82) is 0 Å². The molecule has 4 aromatic carbocycles. The van der Waals surface area contributed by atoms with Crippen LogP contribution in [0.1, 0.15) is 11.1 Å². The Bertz CT molecular complexity index is 1510. The van der Waals surface area contributed by atoms with Crippen LogP contribution in [-0.4, -0.2) is 4.57 Å². The number of aromatic nitrogens is 1. The fourth-order valence-electron chi connectivity index (χ4n) is 4.48. The molecule has 0 amide bonds. The SMILES string of the molecule is C1=CC=Cc2c(ccc3c2c2ccccc2n3-c2cccc(-c3ccccc3)c2)C=1. The van der Waals surface area contributed by atoms with Gasteiger partial charge in [0.15, 0.2) is 0 Å². The van der Waals surface area contributed by atoms with Gasteiger partial charge in [-0.15, -0.1) is 5.73 Å². The van der Waals surface area contributed by atoms with Crippen molar-refractivity contribution < 1.29 is 0 Å². The Hall–Kier alpha value is -4.06. The maximum Gasteiger partial charge on any atom is 0.0547 e. The molecule has 1 heteroatoms. The summed E-state index contributed by atoms with van der Waals surface area (Å²) < 4.78 is 2.38. The molecule has 1 nitrogen and oxygen atoms in total. The van der Waals surface area contributed by atoms with Gasteiger partial charge in [0.2, 0.25) is 0 Å². The number of allylic oxidation sites excluding steroid dienone is 2. The Morgan fingerprint density at radius 3 is 2.43 bits per heavy atom. The van der Waals surface area contributed by atoms with Gasteiger partial charge in [-0.2, -0.15) is 0 Å². The van der Waals surface area contributed by atoms with Crippen LogP contribution in [0.5, 0.6) is 0 Å². The average Bonchev–Trinajstić information content (AvgIpc) is 2.96. The van der Waals surface area contributed by atoms with Gasteiger partial charge in [0.1, 0.15) is 0 Å². The zero-order chi connectivity index (χ0) is 19.9. The lowest BCUT2D eigenvalue weighted by Crippen LogP contribution is -1.94. The molecule has 1 heterocycles. The molecule has 0 radical (unpaired) electrons. The monoisotopic (exact) mass is 381 g/mol. The van der Waals surface area contributed by atoms with Crippen LogP contribution in [-0.2, 0) is 0 Å². The average molecular weight is 381 g/mol. The smallest absolute Gasteiger partial charge is 0.0547 e. The van der Waals surface area contributed by atoms with Gasteiger partial charge in [0.05, 0.1) is 11.0 Å². The van der Waals surface area contributed by atoms with E-state index in [2.05, 4.69) is 120 Å². The van der Waals surface area contributed by atoms with Crippen LogP contribution >= 0.6 is 0 Å². The Labute approximate surface area is 175 Å². The summed E-state index contributed by atoms with van der Waals surface area (Å²) in [7, 11) is 0. The molecule has 6 rings (SSSR count). The summed E-state index contributed by atoms with van der Waals surface area (Å²) >= 11 is 0. The Balaban J connectivity index is 1.69. The van der Waals surface area contributed by atoms with Crippen LogP contribution < -0.4 is 0 Å². The molecule has 0 N–H and O–H groups in total. The minimum Gasteiger partial charge on any atom is -0.309 e. The van der Waals surface area contributed by atoms with E-state index in [1.165, 1.54) is 49.7 Å². The summed E-state index contributed by atoms with van der Waals surface area (Å²) in [6, 6.07) is 32.5. The summed E-state index contributed by atoms with van der Waals surface area (Å²) in [4.78, 5) is 0. The Kier molecular flexibility index (Phi) is 3.81. The predicted molar refractivity (Wildman–Crippen MR) is 128 cm³/mol. The van der Waals surface area contributed by atoms with Gasteiger partial charge in [-0.3, -0.25) is 0 Å². The molecule has 5 aromatic rings. The van der Waals surface area contributed by atoms with Crippen molar-refractivity contribution in [3.63, 3.8) is 0 Å². The Morgan fingerprint density at radius 1 is 0.667 bits per heavy atom. The molecule has 0 atom stereocenters. The van der Waals surface area contributed by atoms with Crippen molar-refractivity contribution in [3.05, 3.63) is 120 Å².